The molecule has 2 heteroatoms. The lowest BCUT2D eigenvalue weighted by Gasteiger charge is -1.95. The van der Waals surface area contributed by atoms with Gasteiger partial charge >= 0.3 is 0 Å². The van der Waals surface area contributed by atoms with E-state index in [-0.39, 0.29) is 13.2 Å². The number of carbonyl (C=O) groups is 1. The van der Waals surface area contributed by atoms with E-state index in [1.165, 1.54) is 6.92 Å². The third-order valence-electron chi connectivity index (χ3n) is 1.25. The predicted octanol–water partition coefficient (Wildman–Crippen LogP) is 3.18. The molecule has 0 radical (unpaired) electrons. The zero-order valence-corrected chi connectivity index (χ0v) is 6.35. The molecule has 0 fully saturated rings. The molecule has 1 rings (SSSR count). The minimum Gasteiger partial charge on any atom is -0.294 e. The van der Waals surface area contributed by atoms with Crippen LogP contribution in [0.25, 0.3) is 0 Å². The highest BCUT2D eigenvalue weighted by atomic mass is 35.5. The maximum absolute atomic E-state index is 10.8. The van der Waals surface area contributed by atoms with Gasteiger partial charge in [-0.3, -0.25) is 4.79 Å². The minimum atomic E-state index is 0. The van der Waals surface area contributed by atoms with Crippen molar-refractivity contribution in [1.29, 1.82) is 0 Å². The van der Waals surface area contributed by atoms with Gasteiger partial charge in [0.15, 0.2) is 5.78 Å². The van der Waals surface area contributed by atoms with Gasteiger partial charge in [0.2, 0.25) is 0 Å². The van der Waals surface area contributed by atoms with Gasteiger partial charge in [0.1, 0.15) is 0 Å². The lowest BCUT2D eigenvalue weighted by molar-refractivity contribution is 0.101. The van der Waals surface area contributed by atoms with Gasteiger partial charge < -0.3 is 0 Å². The van der Waals surface area contributed by atoms with Crippen LogP contribution in [-0.4, -0.2) is 5.78 Å². The quantitative estimate of drug-likeness (QED) is 0.592. The van der Waals surface area contributed by atoms with Crippen LogP contribution in [0.2, 0.25) is 5.02 Å². The fraction of sp³-hybridized carbons (Fsp3) is 0.222. The Balaban J connectivity index is 0.000001000. The highest BCUT2D eigenvalue weighted by Gasteiger charge is 2.01. The van der Waals surface area contributed by atoms with Crippen molar-refractivity contribution in [3.8, 4) is 0 Å². The van der Waals surface area contributed by atoms with Crippen LogP contribution in [0.3, 0.4) is 0 Å². The first-order valence-electron chi connectivity index (χ1n) is 2.97. The fourth-order valence-corrected chi connectivity index (χ4v) is 1.02. The Bertz CT molecular complexity index is 255. The molecule has 0 N–H and O–H groups in total. The van der Waals surface area contributed by atoms with Gasteiger partial charge in [-0.25, -0.2) is 0 Å². The van der Waals surface area contributed by atoms with Crippen molar-refractivity contribution in [2.75, 3.05) is 0 Å². The summed E-state index contributed by atoms with van der Waals surface area (Å²) in [6, 6.07) is 7.01. The smallest absolute Gasteiger partial charge is 0.161 e. The summed E-state index contributed by atoms with van der Waals surface area (Å²) in [5.74, 6) is 0.00519. The first-order chi connectivity index (χ1) is 4.72. The first-order valence-corrected chi connectivity index (χ1v) is 3.35. The van der Waals surface area contributed by atoms with Gasteiger partial charge in [-0.05, 0) is 19.1 Å². The normalized spacial score (nSPS) is 8.55. The number of rotatable bonds is 1. The number of benzene rings is 1. The van der Waals surface area contributed by atoms with E-state index in [1.54, 1.807) is 24.3 Å². The lowest BCUT2D eigenvalue weighted by Crippen LogP contribution is -1.91. The Morgan fingerprint density at radius 2 is 1.91 bits per heavy atom. The average Bonchev–Trinajstić information content (AvgIpc) is 1.88. The van der Waals surface area contributed by atoms with E-state index in [9.17, 15) is 4.79 Å². The van der Waals surface area contributed by atoms with Crippen molar-refractivity contribution in [3.05, 3.63) is 34.9 Å². The van der Waals surface area contributed by atoms with Crippen LogP contribution in [0.4, 0.5) is 0 Å². The number of hydrogen-bond acceptors (Lipinski definition) is 1. The van der Waals surface area contributed by atoms with Crippen LogP contribution in [-0.2, 0) is 0 Å². The van der Waals surface area contributed by atoms with Crippen LogP contribution < -0.4 is 0 Å². The molecule has 11 heavy (non-hydrogen) atoms. The molecule has 0 heterocycles. The summed E-state index contributed by atoms with van der Waals surface area (Å²) in [5, 5.41) is 0.523. The minimum absolute atomic E-state index is 0. The number of Topliss-reactive ketones (excluding diaryl/α,β-unsaturated/α-hetero) is 1. The maximum Gasteiger partial charge on any atom is 0.161 e. The summed E-state index contributed by atoms with van der Waals surface area (Å²) < 4.78 is 0. The SMILES string of the molecule is C.CC(=O)c1ccccc1Cl. The molecule has 0 atom stereocenters. The van der Waals surface area contributed by atoms with E-state index in [4.69, 9.17) is 11.6 Å². The molecule has 0 spiro atoms. The van der Waals surface area contributed by atoms with E-state index in [2.05, 4.69) is 0 Å². The van der Waals surface area contributed by atoms with Gasteiger partial charge in [0.05, 0.1) is 5.02 Å². The second-order valence-electron chi connectivity index (χ2n) is 2.04. The predicted molar refractivity (Wildman–Crippen MR) is 48.2 cm³/mol. The average molecular weight is 171 g/mol. The summed E-state index contributed by atoms with van der Waals surface area (Å²) in [5.41, 5.74) is 0.587. The summed E-state index contributed by atoms with van der Waals surface area (Å²) in [6.45, 7) is 1.50. The summed E-state index contributed by atoms with van der Waals surface area (Å²) in [4.78, 5) is 10.8. The van der Waals surface area contributed by atoms with Crippen LogP contribution in [0.15, 0.2) is 24.3 Å². The third kappa shape index (κ3) is 2.35. The topological polar surface area (TPSA) is 17.1 Å². The molecule has 0 aliphatic heterocycles. The van der Waals surface area contributed by atoms with Crippen molar-refractivity contribution in [2.24, 2.45) is 0 Å². The molecule has 1 aromatic carbocycles. The van der Waals surface area contributed by atoms with E-state index >= 15 is 0 Å². The van der Waals surface area contributed by atoms with Crippen molar-refractivity contribution >= 4 is 17.4 Å². The third-order valence-corrected chi connectivity index (χ3v) is 1.58. The van der Waals surface area contributed by atoms with Crippen LogP contribution in [0, 0.1) is 0 Å². The van der Waals surface area contributed by atoms with Gasteiger partial charge in [0, 0.05) is 5.56 Å². The highest BCUT2D eigenvalue weighted by Crippen LogP contribution is 2.14. The Labute approximate surface area is 72.0 Å². The number of carbonyl (C=O) groups excluding carboxylic acids is 1. The van der Waals surface area contributed by atoms with Gasteiger partial charge in [-0.2, -0.15) is 0 Å². The van der Waals surface area contributed by atoms with Gasteiger partial charge in [-0.15, -0.1) is 0 Å². The Hall–Kier alpha value is -0.820. The van der Waals surface area contributed by atoms with Crippen molar-refractivity contribution < 1.29 is 4.79 Å². The number of halogens is 1. The molecular formula is C9H11ClO. The molecular weight excluding hydrogens is 160 g/mol. The fourth-order valence-electron chi connectivity index (χ4n) is 0.747. The van der Waals surface area contributed by atoms with Crippen LogP contribution >= 0.6 is 11.6 Å². The lowest BCUT2D eigenvalue weighted by atomic mass is 10.1. The zero-order valence-electron chi connectivity index (χ0n) is 5.60. The molecule has 60 valence electrons. The molecule has 0 unspecified atom stereocenters. The summed E-state index contributed by atoms with van der Waals surface area (Å²) >= 11 is 5.70. The van der Waals surface area contributed by atoms with E-state index in [0.717, 1.165) is 0 Å². The second-order valence-corrected chi connectivity index (χ2v) is 2.44. The summed E-state index contributed by atoms with van der Waals surface area (Å²) in [7, 11) is 0. The van der Waals surface area contributed by atoms with E-state index in [1.807, 2.05) is 0 Å². The van der Waals surface area contributed by atoms with E-state index < -0.39 is 0 Å². The van der Waals surface area contributed by atoms with Crippen molar-refractivity contribution in [2.45, 2.75) is 14.4 Å². The Morgan fingerprint density at radius 1 is 1.36 bits per heavy atom. The maximum atomic E-state index is 10.8. The molecule has 0 amide bonds. The van der Waals surface area contributed by atoms with Crippen molar-refractivity contribution in [3.63, 3.8) is 0 Å². The van der Waals surface area contributed by atoms with Gasteiger partial charge in [0.25, 0.3) is 0 Å². The monoisotopic (exact) mass is 170 g/mol. The van der Waals surface area contributed by atoms with Crippen molar-refractivity contribution in [1.82, 2.24) is 0 Å². The molecule has 0 aromatic heterocycles. The second kappa shape index (κ2) is 4.14. The molecule has 0 saturated heterocycles. The molecule has 0 aliphatic carbocycles. The highest BCUT2D eigenvalue weighted by molar-refractivity contribution is 6.33. The van der Waals surface area contributed by atoms with E-state index in [0.29, 0.717) is 10.6 Å². The number of ketones is 1. The zero-order chi connectivity index (χ0) is 7.56. The Kier molecular flexibility index (Phi) is 3.83. The van der Waals surface area contributed by atoms with Crippen LogP contribution in [0.5, 0.6) is 0 Å². The standard InChI is InChI=1S/C8H7ClO.CH4/c1-6(10)7-4-2-3-5-8(7)9;/h2-5H,1H3;1H4. The molecule has 0 aliphatic rings. The number of hydrogen-bond donors (Lipinski definition) is 0. The van der Waals surface area contributed by atoms with Crippen LogP contribution in [0.1, 0.15) is 24.7 Å². The summed E-state index contributed by atoms with van der Waals surface area (Å²) in [6.07, 6.45) is 0. The first kappa shape index (κ1) is 10.2. The largest absolute Gasteiger partial charge is 0.294 e. The Morgan fingerprint density at radius 3 is 2.27 bits per heavy atom. The molecule has 1 aromatic rings. The van der Waals surface area contributed by atoms with Gasteiger partial charge in [-0.1, -0.05) is 31.2 Å². The molecule has 0 saturated carbocycles. The molecule has 0 bridgehead atoms. The molecule has 1 nitrogen and oxygen atoms in total.